The van der Waals surface area contributed by atoms with Crippen LogP contribution in [0.4, 0.5) is 0 Å². The molecule has 1 atom stereocenters. The summed E-state index contributed by atoms with van der Waals surface area (Å²) in [4.78, 5) is 1.39. The Morgan fingerprint density at radius 2 is 2.50 bits per heavy atom. The summed E-state index contributed by atoms with van der Waals surface area (Å²) in [5.41, 5.74) is 0. The molecule has 0 nitrogen and oxygen atoms in total. The molecule has 1 rings (SSSR count). The van der Waals surface area contributed by atoms with E-state index in [0.29, 0.717) is 5.25 Å². The summed E-state index contributed by atoms with van der Waals surface area (Å²) >= 11 is 6.27. The van der Waals surface area contributed by atoms with Gasteiger partial charge in [-0.25, -0.2) is 0 Å². The molecule has 0 N–H and O–H groups in total. The first-order valence-corrected chi connectivity index (χ1v) is 4.95. The molecule has 1 heterocycles. The molecule has 0 aliphatic heterocycles. The SMILES string of the molecule is CCCC(S)c1cccs1. The molecule has 0 amide bonds. The molecule has 1 aromatic heterocycles. The van der Waals surface area contributed by atoms with Gasteiger partial charge in [0.1, 0.15) is 0 Å². The lowest BCUT2D eigenvalue weighted by Gasteiger charge is -2.04. The number of hydrogen-bond donors (Lipinski definition) is 1. The summed E-state index contributed by atoms with van der Waals surface area (Å²) in [6.07, 6.45) is 2.40. The fourth-order valence-electron chi connectivity index (χ4n) is 0.897. The molecule has 0 saturated carbocycles. The Morgan fingerprint density at radius 3 is 3.00 bits per heavy atom. The minimum Gasteiger partial charge on any atom is -0.170 e. The molecule has 1 aromatic rings. The summed E-state index contributed by atoms with van der Waals surface area (Å²) in [6.45, 7) is 2.19. The predicted octanol–water partition coefficient (Wildman–Crippen LogP) is 3.52. The topological polar surface area (TPSA) is 0 Å². The molecule has 1 unspecified atom stereocenters. The van der Waals surface area contributed by atoms with Crippen LogP contribution in [0, 0.1) is 0 Å². The molecule has 0 bridgehead atoms. The van der Waals surface area contributed by atoms with Crippen LogP contribution in [0.5, 0.6) is 0 Å². The zero-order valence-corrected chi connectivity index (χ0v) is 7.79. The third-order valence-corrected chi connectivity index (χ3v) is 3.13. The number of thiophene rings is 1. The lowest BCUT2D eigenvalue weighted by molar-refractivity contribution is 0.792. The van der Waals surface area contributed by atoms with Crippen molar-refractivity contribution in [3.63, 3.8) is 0 Å². The minimum atomic E-state index is 0.463. The van der Waals surface area contributed by atoms with Crippen molar-refractivity contribution in [2.24, 2.45) is 0 Å². The maximum atomic E-state index is 4.48. The van der Waals surface area contributed by atoms with Gasteiger partial charge in [0, 0.05) is 10.1 Å². The lowest BCUT2D eigenvalue weighted by Crippen LogP contribution is -1.83. The van der Waals surface area contributed by atoms with Gasteiger partial charge < -0.3 is 0 Å². The summed E-state index contributed by atoms with van der Waals surface area (Å²) in [6, 6.07) is 4.23. The number of hydrogen-bond acceptors (Lipinski definition) is 2. The highest BCUT2D eigenvalue weighted by Gasteiger charge is 2.04. The Hall–Kier alpha value is 0.0500. The van der Waals surface area contributed by atoms with Crippen LogP contribution in [0.1, 0.15) is 29.9 Å². The van der Waals surface area contributed by atoms with E-state index in [9.17, 15) is 0 Å². The smallest absolute Gasteiger partial charge is 0.0360 e. The van der Waals surface area contributed by atoms with E-state index in [2.05, 4.69) is 37.1 Å². The number of rotatable bonds is 3. The van der Waals surface area contributed by atoms with E-state index in [-0.39, 0.29) is 0 Å². The van der Waals surface area contributed by atoms with Crippen molar-refractivity contribution in [2.75, 3.05) is 0 Å². The Bertz CT molecular complexity index is 167. The molecular formula is C8H12S2. The Morgan fingerprint density at radius 1 is 1.70 bits per heavy atom. The van der Waals surface area contributed by atoms with Crippen molar-refractivity contribution in [3.8, 4) is 0 Å². The van der Waals surface area contributed by atoms with E-state index in [1.165, 1.54) is 17.7 Å². The van der Waals surface area contributed by atoms with Crippen molar-refractivity contribution in [1.82, 2.24) is 0 Å². The van der Waals surface area contributed by atoms with Gasteiger partial charge in [-0.1, -0.05) is 19.4 Å². The van der Waals surface area contributed by atoms with E-state index >= 15 is 0 Å². The third-order valence-electron chi connectivity index (χ3n) is 1.43. The molecule has 0 aliphatic carbocycles. The van der Waals surface area contributed by atoms with Crippen molar-refractivity contribution in [3.05, 3.63) is 22.4 Å². The van der Waals surface area contributed by atoms with Gasteiger partial charge in [0.15, 0.2) is 0 Å². The Kier molecular flexibility index (Phi) is 3.29. The maximum Gasteiger partial charge on any atom is 0.0360 e. The summed E-state index contributed by atoms with van der Waals surface area (Å²) < 4.78 is 0. The van der Waals surface area contributed by atoms with Gasteiger partial charge in [-0.15, -0.1) is 11.3 Å². The second-order valence-electron chi connectivity index (χ2n) is 2.32. The lowest BCUT2D eigenvalue weighted by atomic mass is 10.2. The van der Waals surface area contributed by atoms with E-state index in [1.54, 1.807) is 11.3 Å². The van der Waals surface area contributed by atoms with Crippen LogP contribution in [0.3, 0.4) is 0 Å². The fraction of sp³-hybridized carbons (Fsp3) is 0.500. The zero-order valence-electron chi connectivity index (χ0n) is 6.08. The Balaban J connectivity index is 2.50. The molecule has 0 radical (unpaired) electrons. The summed E-state index contributed by atoms with van der Waals surface area (Å²) in [5.74, 6) is 0. The molecule has 0 spiro atoms. The van der Waals surface area contributed by atoms with Gasteiger partial charge in [-0.3, -0.25) is 0 Å². The van der Waals surface area contributed by atoms with Gasteiger partial charge in [0.25, 0.3) is 0 Å². The predicted molar refractivity (Wildman–Crippen MR) is 51.0 cm³/mol. The zero-order chi connectivity index (χ0) is 7.40. The van der Waals surface area contributed by atoms with Gasteiger partial charge >= 0.3 is 0 Å². The molecule has 0 aliphatic rings. The molecule has 0 saturated heterocycles. The first kappa shape index (κ1) is 8.15. The van der Waals surface area contributed by atoms with Gasteiger partial charge in [0.05, 0.1) is 0 Å². The van der Waals surface area contributed by atoms with E-state index in [0.717, 1.165) is 0 Å². The standard InChI is InChI=1S/C8H12S2/c1-2-4-7(9)8-5-3-6-10-8/h3,5-7,9H,2,4H2,1H3. The molecular weight excluding hydrogens is 160 g/mol. The van der Waals surface area contributed by atoms with Crippen molar-refractivity contribution in [1.29, 1.82) is 0 Å². The monoisotopic (exact) mass is 172 g/mol. The highest BCUT2D eigenvalue weighted by molar-refractivity contribution is 7.80. The van der Waals surface area contributed by atoms with Crippen LogP contribution in [0.15, 0.2) is 17.5 Å². The first-order valence-electron chi connectivity index (χ1n) is 3.56. The largest absolute Gasteiger partial charge is 0.170 e. The molecule has 2 heteroatoms. The van der Waals surface area contributed by atoms with Crippen LogP contribution in [0.25, 0.3) is 0 Å². The van der Waals surface area contributed by atoms with Crippen molar-refractivity contribution < 1.29 is 0 Å². The Labute approximate surface area is 71.7 Å². The average Bonchev–Trinajstić information content (AvgIpc) is 2.38. The van der Waals surface area contributed by atoms with Crippen LogP contribution >= 0.6 is 24.0 Å². The molecule has 0 fully saturated rings. The van der Waals surface area contributed by atoms with Crippen molar-refractivity contribution >= 4 is 24.0 Å². The second kappa shape index (κ2) is 4.04. The summed E-state index contributed by atoms with van der Waals surface area (Å²) in [5, 5.41) is 2.57. The molecule has 0 aromatic carbocycles. The average molecular weight is 172 g/mol. The van der Waals surface area contributed by atoms with Crippen LogP contribution in [0.2, 0.25) is 0 Å². The maximum absolute atomic E-state index is 4.48. The van der Waals surface area contributed by atoms with Gasteiger partial charge in [-0.05, 0) is 17.9 Å². The first-order chi connectivity index (χ1) is 4.84. The van der Waals surface area contributed by atoms with Gasteiger partial charge in [0.2, 0.25) is 0 Å². The number of thiol groups is 1. The van der Waals surface area contributed by atoms with Crippen LogP contribution in [-0.2, 0) is 0 Å². The van der Waals surface area contributed by atoms with E-state index in [4.69, 9.17) is 0 Å². The van der Waals surface area contributed by atoms with Crippen molar-refractivity contribution in [2.45, 2.75) is 25.0 Å². The minimum absolute atomic E-state index is 0.463. The van der Waals surface area contributed by atoms with Crippen LogP contribution < -0.4 is 0 Å². The van der Waals surface area contributed by atoms with Crippen LogP contribution in [-0.4, -0.2) is 0 Å². The van der Waals surface area contributed by atoms with Gasteiger partial charge in [-0.2, -0.15) is 12.6 Å². The van der Waals surface area contributed by atoms with E-state index < -0.39 is 0 Å². The molecule has 56 valence electrons. The fourth-order valence-corrected chi connectivity index (χ4v) is 2.17. The quantitative estimate of drug-likeness (QED) is 0.663. The molecule has 10 heavy (non-hydrogen) atoms. The highest BCUT2D eigenvalue weighted by atomic mass is 32.1. The van der Waals surface area contributed by atoms with E-state index in [1.807, 2.05) is 0 Å². The summed E-state index contributed by atoms with van der Waals surface area (Å²) in [7, 11) is 0. The second-order valence-corrected chi connectivity index (χ2v) is 3.92. The normalized spacial score (nSPS) is 13.4. The highest BCUT2D eigenvalue weighted by Crippen LogP contribution is 2.28. The third kappa shape index (κ3) is 2.03.